The van der Waals surface area contributed by atoms with Gasteiger partial charge in [0.1, 0.15) is 0 Å². The van der Waals surface area contributed by atoms with E-state index in [1.54, 1.807) is 0 Å². The van der Waals surface area contributed by atoms with Crippen molar-refractivity contribution in [3.8, 4) is 0 Å². The van der Waals surface area contributed by atoms with Crippen LogP contribution in [0.3, 0.4) is 0 Å². The van der Waals surface area contributed by atoms with Gasteiger partial charge in [0.25, 0.3) is 0 Å². The highest BCUT2D eigenvalue weighted by atomic mass is 127. The van der Waals surface area contributed by atoms with Crippen LogP contribution < -0.4 is 0 Å². The van der Waals surface area contributed by atoms with Gasteiger partial charge in [0, 0.05) is 6.08 Å². The molecular weight excluding hydrogens is 267 g/mol. The Hall–Kier alpha value is -0.0600. The topological polar surface area (TPSA) is 26.3 Å². The van der Waals surface area contributed by atoms with Crippen LogP contribution in [0.15, 0.2) is 12.2 Å². The lowest BCUT2D eigenvalue weighted by atomic mass is 10.2. The third-order valence-corrected chi connectivity index (χ3v) is 2.22. The molecule has 0 saturated heterocycles. The maximum atomic E-state index is 10.6. The molecule has 0 aromatic heterocycles. The van der Waals surface area contributed by atoms with Crippen molar-refractivity contribution in [1.82, 2.24) is 0 Å². The Kier molecular flexibility index (Phi) is 8.99. The first-order valence-electron chi connectivity index (χ1n) is 4.11. The second-order valence-electron chi connectivity index (χ2n) is 2.46. The third-order valence-electron chi connectivity index (χ3n) is 1.46. The molecule has 0 amide bonds. The molecule has 0 rings (SSSR count). The number of carbonyl (C=O) groups is 1. The zero-order valence-corrected chi connectivity index (χ0v) is 9.54. The maximum absolute atomic E-state index is 10.6. The number of allylic oxidation sites excluding steroid dienone is 1. The van der Waals surface area contributed by atoms with E-state index in [0.717, 1.165) is 12.8 Å². The lowest BCUT2D eigenvalue weighted by molar-refractivity contribution is -0.134. The van der Waals surface area contributed by atoms with Gasteiger partial charge in [-0.1, -0.05) is 35.1 Å². The monoisotopic (exact) mass is 282 g/mol. The molecule has 0 heterocycles. The van der Waals surface area contributed by atoms with Crippen LogP contribution in [0.1, 0.15) is 25.7 Å². The molecule has 0 fully saturated rings. The Morgan fingerprint density at radius 2 is 2.17 bits per heavy atom. The molecule has 0 unspecified atom stereocenters. The Labute approximate surface area is 87.5 Å². The van der Waals surface area contributed by atoms with Crippen molar-refractivity contribution in [2.75, 3.05) is 11.5 Å². The van der Waals surface area contributed by atoms with Gasteiger partial charge in [-0.25, -0.2) is 4.79 Å². The van der Waals surface area contributed by atoms with E-state index in [-0.39, 0.29) is 5.97 Å². The average Bonchev–Trinajstić information content (AvgIpc) is 2.10. The maximum Gasteiger partial charge on any atom is 0.330 e. The predicted molar refractivity (Wildman–Crippen MR) is 58.5 cm³/mol. The van der Waals surface area contributed by atoms with Crippen LogP contribution in [0.2, 0.25) is 0 Å². The summed E-state index contributed by atoms with van der Waals surface area (Å²) in [6.07, 6.45) is 8.02. The first-order chi connectivity index (χ1) is 5.81. The molecular formula is C9H15IO2. The summed E-state index contributed by atoms with van der Waals surface area (Å²) < 4.78 is 5.67. The molecule has 3 heteroatoms. The van der Waals surface area contributed by atoms with Gasteiger partial charge in [0.15, 0.2) is 0 Å². The molecule has 0 bridgehead atoms. The molecule has 0 aliphatic heterocycles. The number of halogens is 1. The SMILES string of the molecule is COC(=O)C=CCCCCCI. The lowest BCUT2D eigenvalue weighted by Crippen LogP contribution is -1.93. The molecule has 0 radical (unpaired) electrons. The molecule has 2 nitrogen and oxygen atoms in total. The number of rotatable bonds is 6. The molecule has 0 aromatic rings. The van der Waals surface area contributed by atoms with Crippen LogP contribution in [-0.2, 0) is 9.53 Å². The second kappa shape index (κ2) is 9.03. The van der Waals surface area contributed by atoms with Gasteiger partial charge in [-0.15, -0.1) is 0 Å². The van der Waals surface area contributed by atoms with Crippen LogP contribution in [0.25, 0.3) is 0 Å². The summed E-state index contributed by atoms with van der Waals surface area (Å²) >= 11 is 2.37. The van der Waals surface area contributed by atoms with Crippen LogP contribution in [0.5, 0.6) is 0 Å². The van der Waals surface area contributed by atoms with E-state index in [2.05, 4.69) is 27.3 Å². The van der Waals surface area contributed by atoms with Crippen molar-refractivity contribution in [1.29, 1.82) is 0 Å². The van der Waals surface area contributed by atoms with Crippen LogP contribution in [0.4, 0.5) is 0 Å². The van der Waals surface area contributed by atoms with Crippen LogP contribution >= 0.6 is 22.6 Å². The minimum atomic E-state index is -0.260. The standard InChI is InChI=1S/C9H15IO2/c1-12-9(11)7-5-3-2-4-6-8-10/h5,7H,2-4,6,8H2,1H3. The summed E-state index contributed by atoms with van der Waals surface area (Å²) in [6, 6.07) is 0. The first-order valence-corrected chi connectivity index (χ1v) is 5.64. The van der Waals surface area contributed by atoms with Gasteiger partial charge in [0.2, 0.25) is 0 Å². The summed E-state index contributed by atoms with van der Waals surface area (Å²) in [6.45, 7) is 0. The van der Waals surface area contributed by atoms with E-state index in [1.807, 2.05) is 6.08 Å². The highest BCUT2D eigenvalue weighted by molar-refractivity contribution is 14.1. The highest BCUT2D eigenvalue weighted by Gasteiger charge is 1.89. The van der Waals surface area contributed by atoms with E-state index in [1.165, 1.54) is 30.5 Å². The Morgan fingerprint density at radius 3 is 2.75 bits per heavy atom. The summed E-state index contributed by atoms with van der Waals surface area (Å²) in [5, 5.41) is 0. The molecule has 0 saturated carbocycles. The molecule has 0 spiro atoms. The fourth-order valence-electron chi connectivity index (χ4n) is 0.781. The van der Waals surface area contributed by atoms with Crippen molar-refractivity contribution in [3.63, 3.8) is 0 Å². The fourth-order valence-corrected chi connectivity index (χ4v) is 1.32. The number of esters is 1. The van der Waals surface area contributed by atoms with Crippen LogP contribution in [0, 0.1) is 0 Å². The van der Waals surface area contributed by atoms with Crippen molar-refractivity contribution < 1.29 is 9.53 Å². The number of methoxy groups -OCH3 is 1. The summed E-state index contributed by atoms with van der Waals surface area (Å²) in [4.78, 5) is 10.6. The molecule has 12 heavy (non-hydrogen) atoms. The van der Waals surface area contributed by atoms with E-state index in [4.69, 9.17) is 0 Å². The van der Waals surface area contributed by atoms with E-state index in [0.29, 0.717) is 0 Å². The Morgan fingerprint density at radius 1 is 1.42 bits per heavy atom. The third kappa shape index (κ3) is 8.04. The van der Waals surface area contributed by atoms with Gasteiger partial charge in [-0.3, -0.25) is 0 Å². The smallest absolute Gasteiger partial charge is 0.330 e. The van der Waals surface area contributed by atoms with Gasteiger partial charge >= 0.3 is 5.97 Å². The van der Waals surface area contributed by atoms with Crippen molar-refractivity contribution in [3.05, 3.63) is 12.2 Å². The van der Waals surface area contributed by atoms with Gasteiger partial charge in [0.05, 0.1) is 7.11 Å². The number of alkyl halides is 1. The van der Waals surface area contributed by atoms with Gasteiger partial charge in [-0.2, -0.15) is 0 Å². The number of hydrogen-bond acceptors (Lipinski definition) is 2. The van der Waals surface area contributed by atoms with Gasteiger partial charge < -0.3 is 4.74 Å². The highest BCUT2D eigenvalue weighted by Crippen LogP contribution is 2.02. The normalized spacial score (nSPS) is 10.5. The van der Waals surface area contributed by atoms with E-state index >= 15 is 0 Å². The van der Waals surface area contributed by atoms with Crippen molar-refractivity contribution >= 4 is 28.6 Å². The predicted octanol–water partition coefficient (Wildman–Crippen LogP) is 2.71. The lowest BCUT2D eigenvalue weighted by Gasteiger charge is -1.93. The molecule has 0 N–H and O–H groups in total. The zero-order valence-electron chi connectivity index (χ0n) is 7.38. The van der Waals surface area contributed by atoms with E-state index < -0.39 is 0 Å². The van der Waals surface area contributed by atoms with Gasteiger partial charge in [-0.05, 0) is 23.7 Å². The molecule has 70 valence electrons. The molecule has 0 aliphatic rings. The van der Waals surface area contributed by atoms with Crippen LogP contribution in [-0.4, -0.2) is 17.5 Å². The quantitative estimate of drug-likeness (QED) is 0.246. The fraction of sp³-hybridized carbons (Fsp3) is 0.667. The van der Waals surface area contributed by atoms with Crippen molar-refractivity contribution in [2.24, 2.45) is 0 Å². The first kappa shape index (κ1) is 11.9. The summed E-state index contributed by atoms with van der Waals surface area (Å²) in [5.41, 5.74) is 0. The Balaban J connectivity index is 3.18. The number of carbonyl (C=O) groups excluding carboxylic acids is 1. The number of unbranched alkanes of at least 4 members (excludes halogenated alkanes) is 3. The average molecular weight is 282 g/mol. The molecule has 0 aliphatic carbocycles. The van der Waals surface area contributed by atoms with E-state index in [9.17, 15) is 4.79 Å². The molecule has 0 aromatic carbocycles. The minimum Gasteiger partial charge on any atom is -0.466 e. The number of hydrogen-bond donors (Lipinski definition) is 0. The van der Waals surface area contributed by atoms with Crippen molar-refractivity contribution in [2.45, 2.75) is 25.7 Å². The second-order valence-corrected chi connectivity index (χ2v) is 3.54. The largest absolute Gasteiger partial charge is 0.466 e. The summed E-state index contributed by atoms with van der Waals surface area (Å²) in [5.74, 6) is -0.260. The zero-order chi connectivity index (χ0) is 9.23. The number of ether oxygens (including phenoxy) is 1. The Bertz CT molecular complexity index is 143. The summed E-state index contributed by atoms with van der Waals surface area (Å²) in [7, 11) is 1.39. The minimum absolute atomic E-state index is 0.260. The molecule has 0 atom stereocenters.